The van der Waals surface area contributed by atoms with E-state index in [1.807, 2.05) is 0 Å². The molecule has 0 heterocycles. The third-order valence-electron chi connectivity index (χ3n) is 0. The van der Waals surface area contributed by atoms with E-state index in [1.165, 1.54) is 0 Å². The fraction of sp³-hybridized carbons (Fsp3) is 0. The monoisotopic (exact) mass is 280 g/mol. The zero-order chi connectivity index (χ0) is 3.58. The summed E-state index contributed by atoms with van der Waals surface area (Å²) in [5.74, 6) is 0. The van der Waals surface area contributed by atoms with Crippen LogP contribution < -0.4 is 18.9 Å². The topological polar surface area (TPSA) is 60.7 Å². The standard InChI is InChI=1S/BH3O3.Li.Pb.3H/c2-1(3)4;;;;;/h2-4H;;;;;/q;+1;;;;-1. The molecule has 2 radical (unpaired) electrons. The average Bonchev–Trinajstić information content (AvgIpc) is 0.811. The molecule has 0 atom stereocenters. The van der Waals surface area contributed by atoms with Crippen LogP contribution in [-0.2, 0) is 0 Å². The molecule has 0 saturated carbocycles. The molecule has 6 heavy (non-hydrogen) atoms. The Bertz CT molecular complexity index is 19.7. The van der Waals surface area contributed by atoms with Crippen molar-refractivity contribution in [3.8, 4) is 0 Å². The molecule has 0 aliphatic carbocycles. The maximum absolute atomic E-state index is 7.17. The molecule has 6 heteroatoms. The molecule has 0 saturated heterocycles. The van der Waals surface area contributed by atoms with Crippen molar-refractivity contribution >= 4 is 34.6 Å². The predicted molar refractivity (Wildman–Crippen MR) is 22.1 cm³/mol. The predicted octanol–water partition coefficient (Wildman–Crippen LogP) is -5.85. The molecule has 0 aromatic rings. The molecule has 0 aromatic heterocycles. The van der Waals surface area contributed by atoms with Crippen LogP contribution in [0.2, 0.25) is 0 Å². The molecular weight excluding hydrogens is 273 g/mol. The second-order valence-corrected chi connectivity index (χ2v) is 0.346. The third-order valence-corrected chi connectivity index (χ3v) is 0. The van der Waals surface area contributed by atoms with Crippen LogP contribution in [0.25, 0.3) is 0 Å². The average molecular weight is 279 g/mol. The molecular formula is H6BLiO3Pb. The van der Waals surface area contributed by atoms with Crippen molar-refractivity contribution in [3.05, 3.63) is 0 Å². The Morgan fingerprint density at radius 2 is 1.17 bits per heavy atom. The van der Waals surface area contributed by atoms with E-state index >= 15 is 0 Å². The fourth-order valence-electron chi connectivity index (χ4n) is 0. The number of rotatable bonds is 0. The molecule has 0 unspecified atom stereocenters. The van der Waals surface area contributed by atoms with Gasteiger partial charge >= 0.3 is 53.5 Å². The summed E-state index contributed by atoms with van der Waals surface area (Å²) in [7, 11) is -2.17. The molecule has 0 aliphatic heterocycles. The second-order valence-electron chi connectivity index (χ2n) is 0.346. The molecule has 0 rings (SSSR count). The van der Waals surface area contributed by atoms with Crippen LogP contribution in [0.1, 0.15) is 1.43 Å². The minimum absolute atomic E-state index is 0. The Morgan fingerprint density at radius 1 is 1.17 bits per heavy atom. The van der Waals surface area contributed by atoms with Gasteiger partial charge in [-0.15, -0.1) is 0 Å². The van der Waals surface area contributed by atoms with Crippen molar-refractivity contribution < 1.29 is 35.4 Å². The minimum atomic E-state index is -2.17. The van der Waals surface area contributed by atoms with Crippen LogP contribution in [0.5, 0.6) is 0 Å². The molecule has 0 aliphatic rings. The van der Waals surface area contributed by atoms with Gasteiger partial charge in [-0.05, 0) is 0 Å². The van der Waals surface area contributed by atoms with Crippen LogP contribution in [0.3, 0.4) is 0 Å². The Morgan fingerprint density at radius 3 is 1.17 bits per heavy atom. The van der Waals surface area contributed by atoms with E-state index < -0.39 is 7.32 Å². The van der Waals surface area contributed by atoms with Gasteiger partial charge in [0, 0.05) is 0 Å². The van der Waals surface area contributed by atoms with Crippen LogP contribution in [0.4, 0.5) is 0 Å². The van der Waals surface area contributed by atoms with Gasteiger partial charge in [0.2, 0.25) is 0 Å². The van der Waals surface area contributed by atoms with Crippen LogP contribution in [0, 0.1) is 0 Å². The van der Waals surface area contributed by atoms with Crippen molar-refractivity contribution in [1.29, 1.82) is 0 Å². The van der Waals surface area contributed by atoms with Gasteiger partial charge in [0.05, 0.1) is 0 Å². The van der Waals surface area contributed by atoms with Crippen LogP contribution in [0.15, 0.2) is 0 Å². The Kier molecular flexibility index (Phi) is 25.3. The normalized spacial score (nSPS) is 4.50. The van der Waals surface area contributed by atoms with Gasteiger partial charge in [-0.3, -0.25) is 0 Å². The van der Waals surface area contributed by atoms with E-state index in [9.17, 15) is 0 Å². The van der Waals surface area contributed by atoms with Gasteiger partial charge < -0.3 is 16.5 Å². The van der Waals surface area contributed by atoms with Gasteiger partial charge in [0.1, 0.15) is 0 Å². The summed E-state index contributed by atoms with van der Waals surface area (Å²) in [5, 5.41) is 21.5. The van der Waals surface area contributed by atoms with Crippen molar-refractivity contribution in [2.75, 3.05) is 0 Å². The molecule has 32 valence electrons. The first kappa shape index (κ1) is 15.7. The second kappa shape index (κ2) is 9.68. The summed E-state index contributed by atoms with van der Waals surface area (Å²) >= 11 is 0. The summed E-state index contributed by atoms with van der Waals surface area (Å²) in [6, 6.07) is 0. The van der Waals surface area contributed by atoms with Gasteiger partial charge in [-0.25, -0.2) is 0 Å². The van der Waals surface area contributed by atoms with Crippen molar-refractivity contribution in [2.24, 2.45) is 0 Å². The van der Waals surface area contributed by atoms with Crippen molar-refractivity contribution in [1.82, 2.24) is 0 Å². The summed E-state index contributed by atoms with van der Waals surface area (Å²) in [4.78, 5) is 0. The summed E-state index contributed by atoms with van der Waals surface area (Å²) in [5.41, 5.74) is 0. The van der Waals surface area contributed by atoms with Crippen molar-refractivity contribution in [3.63, 3.8) is 0 Å². The quantitative estimate of drug-likeness (QED) is 0.387. The molecule has 0 aromatic carbocycles. The Balaban J connectivity index is -0.0000000150. The summed E-state index contributed by atoms with van der Waals surface area (Å²) in [6.45, 7) is 0. The number of hydrogen-bond donors (Lipinski definition) is 3. The summed E-state index contributed by atoms with van der Waals surface area (Å²) < 4.78 is 0. The van der Waals surface area contributed by atoms with E-state index in [0.717, 1.165) is 0 Å². The van der Waals surface area contributed by atoms with Crippen molar-refractivity contribution in [2.45, 2.75) is 0 Å². The molecule has 0 spiro atoms. The van der Waals surface area contributed by atoms with Gasteiger partial charge in [0.15, 0.2) is 0 Å². The van der Waals surface area contributed by atoms with E-state index in [2.05, 4.69) is 0 Å². The third kappa shape index (κ3) is 50.8. The first-order valence-electron chi connectivity index (χ1n) is 0.775. The number of hydrogen-bond acceptors (Lipinski definition) is 3. The van der Waals surface area contributed by atoms with Gasteiger partial charge in [0.25, 0.3) is 0 Å². The van der Waals surface area contributed by atoms with Crippen LogP contribution in [-0.4, -0.2) is 49.7 Å². The van der Waals surface area contributed by atoms with E-state index in [0.29, 0.717) is 0 Å². The summed E-state index contributed by atoms with van der Waals surface area (Å²) in [6.07, 6.45) is 0. The van der Waals surface area contributed by atoms with Gasteiger partial charge in [-0.1, -0.05) is 0 Å². The zero-order valence-electron chi connectivity index (χ0n) is 4.63. The van der Waals surface area contributed by atoms with E-state index in [1.54, 1.807) is 0 Å². The maximum atomic E-state index is 7.17. The van der Waals surface area contributed by atoms with E-state index in [4.69, 9.17) is 15.1 Å². The zero-order valence-corrected chi connectivity index (χ0v) is 9.12. The Labute approximate surface area is 69.7 Å². The first-order chi connectivity index (χ1) is 1.73. The van der Waals surface area contributed by atoms with Gasteiger partial charge in [-0.2, -0.15) is 0 Å². The molecule has 0 bridgehead atoms. The van der Waals surface area contributed by atoms with Crippen LogP contribution >= 0.6 is 0 Å². The fourth-order valence-corrected chi connectivity index (χ4v) is 0. The first-order valence-corrected chi connectivity index (χ1v) is 0.775. The van der Waals surface area contributed by atoms with E-state index in [-0.39, 0.29) is 47.6 Å². The molecule has 0 fully saturated rings. The molecule has 3 nitrogen and oxygen atoms in total. The SMILES string of the molecule is OB(O)O.[H-].[Li+].[PbH2]. The Hall–Kier alpha value is 1.46. The molecule has 3 N–H and O–H groups in total. The molecule has 0 amide bonds.